The Kier molecular flexibility index (Phi) is 4.30. The molecule has 0 unspecified atom stereocenters. The van der Waals surface area contributed by atoms with Crippen LogP contribution in [-0.2, 0) is 10.2 Å². The molecule has 0 aliphatic rings. The standard InChI is InChI=1S/C17H20O3/c1-17(11-12-20-2,13-3-7-15(18)8-4-13)14-5-9-16(19)10-6-14/h3-10,18-19H,11-12H2,1-2H3/i2+1. The normalized spacial score (nSPS) is 11.5. The average molecular weight is 273 g/mol. The lowest BCUT2D eigenvalue weighted by molar-refractivity contribution is 0.178. The number of rotatable bonds is 5. The Bertz CT molecular complexity index is 498. The van der Waals surface area contributed by atoms with E-state index in [1.807, 2.05) is 24.3 Å². The highest BCUT2D eigenvalue weighted by atomic mass is 16.5. The zero-order chi connectivity index (χ0) is 14.6. The summed E-state index contributed by atoms with van der Waals surface area (Å²) in [5.74, 6) is 0.516. The highest BCUT2D eigenvalue weighted by Gasteiger charge is 2.28. The summed E-state index contributed by atoms with van der Waals surface area (Å²) in [5.41, 5.74) is 1.99. The Morgan fingerprint density at radius 1 is 0.850 bits per heavy atom. The molecule has 0 atom stereocenters. The van der Waals surface area contributed by atoms with Gasteiger partial charge in [0.2, 0.25) is 0 Å². The number of phenolic OH excluding ortho intramolecular Hbond substituents is 2. The van der Waals surface area contributed by atoms with Gasteiger partial charge in [-0.1, -0.05) is 31.2 Å². The highest BCUT2D eigenvalue weighted by Crippen LogP contribution is 2.36. The summed E-state index contributed by atoms with van der Waals surface area (Å²) in [5, 5.41) is 18.9. The Hall–Kier alpha value is -2.00. The van der Waals surface area contributed by atoms with E-state index >= 15 is 0 Å². The van der Waals surface area contributed by atoms with Crippen LogP contribution in [0.2, 0.25) is 0 Å². The molecule has 0 saturated carbocycles. The third kappa shape index (κ3) is 2.94. The number of aromatic hydroxyl groups is 2. The maximum atomic E-state index is 9.45. The minimum atomic E-state index is -0.225. The van der Waals surface area contributed by atoms with E-state index in [1.54, 1.807) is 31.4 Å². The van der Waals surface area contributed by atoms with E-state index < -0.39 is 0 Å². The zero-order valence-corrected chi connectivity index (χ0v) is 11.8. The van der Waals surface area contributed by atoms with Crippen LogP contribution in [0.4, 0.5) is 0 Å². The van der Waals surface area contributed by atoms with Gasteiger partial charge in [0, 0.05) is 19.1 Å². The van der Waals surface area contributed by atoms with Gasteiger partial charge in [0.25, 0.3) is 0 Å². The van der Waals surface area contributed by atoms with Gasteiger partial charge in [-0.25, -0.2) is 0 Å². The van der Waals surface area contributed by atoms with Crippen molar-refractivity contribution in [3.63, 3.8) is 0 Å². The average Bonchev–Trinajstić information content (AvgIpc) is 2.46. The molecule has 0 aliphatic carbocycles. The van der Waals surface area contributed by atoms with Crippen LogP contribution in [0, 0.1) is 0 Å². The smallest absolute Gasteiger partial charge is 0.115 e. The first-order valence-corrected chi connectivity index (χ1v) is 6.64. The highest BCUT2D eigenvalue weighted by molar-refractivity contribution is 5.42. The Morgan fingerprint density at radius 2 is 1.25 bits per heavy atom. The SMILES string of the molecule is CC(CCO[13CH3])(c1ccc(O)cc1)c1ccc(O)cc1. The van der Waals surface area contributed by atoms with E-state index in [-0.39, 0.29) is 16.9 Å². The van der Waals surface area contributed by atoms with Crippen molar-refractivity contribution in [2.45, 2.75) is 18.8 Å². The molecule has 20 heavy (non-hydrogen) atoms. The number of phenols is 2. The summed E-state index contributed by atoms with van der Waals surface area (Å²) in [6.45, 7) is 2.78. The summed E-state index contributed by atoms with van der Waals surface area (Å²) in [6.07, 6.45) is 0.819. The monoisotopic (exact) mass is 273 g/mol. The van der Waals surface area contributed by atoms with E-state index in [2.05, 4.69) is 6.92 Å². The molecule has 2 N–H and O–H groups in total. The fourth-order valence-corrected chi connectivity index (χ4v) is 2.42. The number of hydrogen-bond acceptors (Lipinski definition) is 3. The van der Waals surface area contributed by atoms with Gasteiger partial charge in [0.1, 0.15) is 11.5 Å². The molecule has 0 saturated heterocycles. The van der Waals surface area contributed by atoms with E-state index in [4.69, 9.17) is 4.74 Å². The van der Waals surface area contributed by atoms with Crippen LogP contribution in [0.5, 0.6) is 11.5 Å². The molecule has 0 amide bonds. The van der Waals surface area contributed by atoms with Gasteiger partial charge in [0.05, 0.1) is 0 Å². The number of ether oxygens (including phenoxy) is 1. The Morgan fingerprint density at radius 3 is 1.60 bits per heavy atom. The number of methoxy groups -OCH3 is 1. The lowest BCUT2D eigenvalue weighted by atomic mass is 9.74. The van der Waals surface area contributed by atoms with Gasteiger partial charge in [0.15, 0.2) is 0 Å². The largest absolute Gasteiger partial charge is 0.508 e. The first-order chi connectivity index (χ1) is 9.56. The van der Waals surface area contributed by atoms with Gasteiger partial charge in [-0.3, -0.25) is 0 Å². The molecule has 0 bridgehead atoms. The van der Waals surface area contributed by atoms with Crippen LogP contribution in [0.15, 0.2) is 48.5 Å². The quantitative estimate of drug-likeness (QED) is 0.820. The molecule has 0 aliphatic heterocycles. The molecular formula is C17H20O3. The minimum absolute atomic E-state index is 0.225. The van der Waals surface area contributed by atoms with Crippen molar-refractivity contribution in [3.05, 3.63) is 59.7 Å². The zero-order valence-electron chi connectivity index (χ0n) is 11.8. The van der Waals surface area contributed by atoms with Crippen molar-refractivity contribution < 1.29 is 14.9 Å². The van der Waals surface area contributed by atoms with Gasteiger partial charge < -0.3 is 14.9 Å². The van der Waals surface area contributed by atoms with Crippen molar-refractivity contribution in [1.82, 2.24) is 0 Å². The fourth-order valence-electron chi connectivity index (χ4n) is 2.42. The second kappa shape index (κ2) is 5.97. The second-order valence-corrected chi connectivity index (χ2v) is 5.17. The van der Waals surface area contributed by atoms with Crippen molar-refractivity contribution in [2.24, 2.45) is 0 Å². The van der Waals surface area contributed by atoms with Crippen molar-refractivity contribution in [1.29, 1.82) is 0 Å². The summed E-state index contributed by atoms with van der Waals surface area (Å²) in [6, 6.07) is 14.5. The molecule has 0 spiro atoms. The maximum Gasteiger partial charge on any atom is 0.115 e. The van der Waals surface area contributed by atoms with E-state index in [1.165, 1.54) is 0 Å². The van der Waals surface area contributed by atoms with Gasteiger partial charge in [-0.15, -0.1) is 0 Å². The van der Waals surface area contributed by atoms with Crippen molar-refractivity contribution in [3.8, 4) is 11.5 Å². The molecule has 2 aromatic rings. The van der Waals surface area contributed by atoms with Crippen LogP contribution >= 0.6 is 0 Å². The molecule has 0 radical (unpaired) electrons. The van der Waals surface area contributed by atoms with Crippen LogP contribution in [0.1, 0.15) is 24.5 Å². The molecule has 3 heteroatoms. The second-order valence-electron chi connectivity index (χ2n) is 5.17. The Balaban J connectivity index is 2.43. The van der Waals surface area contributed by atoms with Crippen LogP contribution in [-0.4, -0.2) is 23.9 Å². The third-order valence-electron chi connectivity index (χ3n) is 3.82. The molecule has 0 aromatic heterocycles. The van der Waals surface area contributed by atoms with E-state index in [9.17, 15) is 10.2 Å². The van der Waals surface area contributed by atoms with Crippen LogP contribution in [0.25, 0.3) is 0 Å². The Labute approximate surface area is 119 Å². The molecular weight excluding hydrogens is 253 g/mol. The van der Waals surface area contributed by atoms with Crippen molar-refractivity contribution >= 4 is 0 Å². The molecule has 2 aromatic carbocycles. The van der Waals surface area contributed by atoms with Gasteiger partial charge in [-0.05, 0) is 41.8 Å². The molecule has 0 fully saturated rings. The molecule has 3 nitrogen and oxygen atoms in total. The fraction of sp³-hybridized carbons (Fsp3) is 0.294. The van der Waals surface area contributed by atoms with E-state index in [0.717, 1.165) is 17.5 Å². The number of benzene rings is 2. The van der Waals surface area contributed by atoms with Crippen molar-refractivity contribution in [2.75, 3.05) is 13.7 Å². The predicted molar refractivity (Wildman–Crippen MR) is 79.2 cm³/mol. The molecule has 2 rings (SSSR count). The van der Waals surface area contributed by atoms with Gasteiger partial charge >= 0.3 is 0 Å². The maximum absolute atomic E-state index is 9.45. The lowest BCUT2D eigenvalue weighted by Gasteiger charge is -2.31. The topological polar surface area (TPSA) is 49.7 Å². The summed E-state index contributed by atoms with van der Waals surface area (Å²) in [7, 11) is 1.69. The first kappa shape index (κ1) is 14.4. The third-order valence-corrected chi connectivity index (χ3v) is 3.82. The van der Waals surface area contributed by atoms with Crippen LogP contribution < -0.4 is 0 Å². The van der Waals surface area contributed by atoms with Gasteiger partial charge in [-0.2, -0.15) is 0 Å². The van der Waals surface area contributed by atoms with Crippen LogP contribution in [0.3, 0.4) is 0 Å². The minimum Gasteiger partial charge on any atom is -0.508 e. The summed E-state index contributed by atoms with van der Waals surface area (Å²) in [4.78, 5) is 0. The molecule has 106 valence electrons. The predicted octanol–water partition coefficient (Wildman–Crippen LogP) is 3.44. The summed E-state index contributed by atoms with van der Waals surface area (Å²) < 4.78 is 5.23. The van der Waals surface area contributed by atoms with E-state index in [0.29, 0.717) is 6.61 Å². The lowest BCUT2D eigenvalue weighted by Crippen LogP contribution is -2.25. The first-order valence-electron chi connectivity index (χ1n) is 6.64. The summed E-state index contributed by atoms with van der Waals surface area (Å²) >= 11 is 0. The number of hydrogen-bond donors (Lipinski definition) is 2. The molecule has 0 heterocycles.